The van der Waals surface area contributed by atoms with E-state index in [4.69, 9.17) is 0 Å². The molecule has 26 heavy (non-hydrogen) atoms. The van der Waals surface area contributed by atoms with Gasteiger partial charge in [0.25, 0.3) is 0 Å². The molecule has 0 spiro atoms. The van der Waals surface area contributed by atoms with E-state index in [1.807, 2.05) is 0 Å². The zero-order valence-electron chi connectivity index (χ0n) is 17.1. The molecule has 0 atom stereocenters. The lowest BCUT2D eigenvalue weighted by atomic mass is 9.88. The first kappa shape index (κ1) is 18.4. The highest BCUT2D eigenvalue weighted by Gasteiger charge is 2.20. The molecule has 2 aromatic carbocycles. The monoisotopic (exact) mass is 344 g/mol. The minimum absolute atomic E-state index is 0.525. The van der Waals surface area contributed by atoms with E-state index in [-0.39, 0.29) is 0 Å². The molecule has 0 unspecified atom stereocenters. The van der Waals surface area contributed by atoms with Crippen LogP contribution in [0.25, 0.3) is 22.4 Å². The van der Waals surface area contributed by atoms with Gasteiger partial charge in [0.15, 0.2) is 6.20 Å². The average molecular weight is 345 g/mol. The van der Waals surface area contributed by atoms with Gasteiger partial charge in [-0.2, -0.15) is 0 Å². The van der Waals surface area contributed by atoms with Crippen LogP contribution in [0.4, 0.5) is 0 Å². The van der Waals surface area contributed by atoms with E-state index >= 15 is 0 Å². The van der Waals surface area contributed by atoms with Crippen molar-refractivity contribution in [1.29, 1.82) is 0 Å². The summed E-state index contributed by atoms with van der Waals surface area (Å²) >= 11 is 0. The molecular formula is C25H30N+. The largest absolute Gasteiger partial charge is 0.212 e. The number of aryl methyl sites for hydroxylation is 4. The van der Waals surface area contributed by atoms with Crippen molar-refractivity contribution in [3.05, 3.63) is 76.5 Å². The van der Waals surface area contributed by atoms with Crippen LogP contribution in [0.5, 0.6) is 0 Å². The van der Waals surface area contributed by atoms with Crippen LogP contribution in [0.3, 0.4) is 0 Å². The van der Waals surface area contributed by atoms with Crippen molar-refractivity contribution in [1.82, 2.24) is 0 Å². The molecule has 1 heteroatoms. The molecule has 0 saturated carbocycles. The van der Waals surface area contributed by atoms with Gasteiger partial charge in [0.05, 0.1) is 0 Å². The molecule has 0 N–H and O–H groups in total. The van der Waals surface area contributed by atoms with E-state index < -0.39 is 0 Å². The molecule has 0 amide bonds. The van der Waals surface area contributed by atoms with Crippen molar-refractivity contribution in [3.63, 3.8) is 0 Å². The van der Waals surface area contributed by atoms with Crippen LogP contribution in [-0.4, -0.2) is 0 Å². The van der Waals surface area contributed by atoms with Gasteiger partial charge in [-0.15, -0.1) is 0 Å². The Morgan fingerprint density at radius 1 is 0.769 bits per heavy atom. The zero-order chi connectivity index (χ0) is 19.0. The number of rotatable bonds is 3. The summed E-state index contributed by atoms with van der Waals surface area (Å²) in [6.07, 6.45) is 2.26. The summed E-state index contributed by atoms with van der Waals surface area (Å²) in [4.78, 5) is 0. The lowest BCUT2D eigenvalue weighted by Crippen LogP contribution is -2.32. The van der Waals surface area contributed by atoms with Crippen molar-refractivity contribution in [2.45, 2.75) is 47.5 Å². The normalized spacial score (nSPS) is 11.2. The van der Waals surface area contributed by atoms with Crippen molar-refractivity contribution >= 4 is 0 Å². The smallest absolute Gasteiger partial charge is 0.201 e. The molecule has 134 valence electrons. The molecule has 0 bridgehead atoms. The highest BCUT2D eigenvalue weighted by atomic mass is 14.9. The Labute approximate surface area is 158 Å². The lowest BCUT2D eigenvalue weighted by molar-refractivity contribution is -0.660. The zero-order valence-corrected chi connectivity index (χ0v) is 17.1. The minimum Gasteiger partial charge on any atom is -0.201 e. The SMILES string of the molecule is Cc1ccccc1-c1c(C)ccc(-c2cc(C(C)C)c(C)c[n+]2C)c1C. The van der Waals surface area contributed by atoms with E-state index in [2.05, 4.69) is 102 Å². The van der Waals surface area contributed by atoms with Crippen molar-refractivity contribution < 1.29 is 4.57 Å². The van der Waals surface area contributed by atoms with Crippen LogP contribution < -0.4 is 4.57 Å². The Kier molecular flexibility index (Phi) is 5.00. The van der Waals surface area contributed by atoms with Gasteiger partial charge in [-0.3, -0.25) is 0 Å². The van der Waals surface area contributed by atoms with Crippen LogP contribution in [-0.2, 0) is 7.05 Å². The first-order valence-corrected chi connectivity index (χ1v) is 9.48. The van der Waals surface area contributed by atoms with Crippen molar-refractivity contribution in [2.75, 3.05) is 0 Å². The van der Waals surface area contributed by atoms with Crippen LogP contribution in [0.15, 0.2) is 48.7 Å². The average Bonchev–Trinajstić information content (AvgIpc) is 2.57. The summed E-state index contributed by atoms with van der Waals surface area (Å²) < 4.78 is 2.26. The summed E-state index contributed by atoms with van der Waals surface area (Å²) in [7, 11) is 2.15. The molecule has 0 radical (unpaired) electrons. The maximum Gasteiger partial charge on any atom is 0.212 e. The summed E-state index contributed by atoms with van der Waals surface area (Å²) in [6, 6.07) is 15.6. The standard InChI is InChI=1S/C25H30N/c1-16(2)23-14-24(26(7)15-19(23)5)22-13-12-18(4)25(20(22)6)21-11-9-8-10-17(21)3/h8-16H,1-7H3/q+1. The third kappa shape index (κ3) is 3.19. The van der Waals surface area contributed by atoms with Gasteiger partial charge in [0, 0.05) is 17.2 Å². The molecule has 3 rings (SSSR count). The molecule has 0 saturated heterocycles. The minimum atomic E-state index is 0.525. The molecular weight excluding hydrogens is 314 g/mol. The number of pyridine rings is 1. The van der Waals surface area contributed by atoms with Gasteiger partial charge in [0.1, 0.15) is 7.05 Å². The fraction of sp³-hybridized carbons (Fsp3) is 0.320. The molecule has 0 fully saturated rings. The highest BCUT2D eigenvalue weighted by molar-refractivity contribution is 5.80. The van der Waals surface area contributed by atoms with Gasteiger partial charge in [0.2, 0.25) is 5.69 Å². The summed E-state index contributed by atoms with van der Waals surface area (Å²) in [6.45, 7) is 13.4. The van der Waals surface area contributed by atoms with Gasteiger partial charge < -0.3 is 0 Å². The molecule has 1 nitrogen and oxygen atoms in total. The molecule has 0 aliphatic heterocycles. The predicted molar refractivity (Wildman–Crippen MR) is 112 cm³/mol. The van der Waals surface area contributed by atoms with Crippen molar-refractivity contribution in [2.24, 2.45) is 7.05 Å². The predicted octanol–water partition coefficient (Wildman–Crippen LogP) is 6.20. The molecule has 3 aromatic rings. The molecule has 1 heterocycles. The van der Waals surface area contributed by atoms with Crippen molar-refractivity contribution in [3.8, 4) is 22.4 Å². The quantitative estimate of drug-likeness (QED) is 0.498. The number of hydrogen-bond donors (Lipinski definition) is 0. The van der Waals surface area contributed by atoms with Gasteiger partial charge in [-0.1, -0.05) is 44.2 Å². The summed E-state index contributed by atoms with van der Waals surface area (Å²) in [5.74, 6) is 0.525. The molecule has 0 aliphatic carbocycles. The first-order valence-electron chi connectivity index (χ1n) is 9.48. The van der Waals surface area contributed by atoms with E-state index in [1.165, 1.54) is 50.2 Å². The van der Waals surface area contributed by atoms with Crippen LogP contribution in [0.2, 0.25) is 0 Å². The second-order valence-electron chi connectivity index (χ2n) is 7.81. The van der Waals surface area contributed by atoms with Crippen LogP contribution in [0, 0.1) is 27.7 Å². The van der Waals surface area contributed by atoms with E-state index in [0.29, 0.717) is 5.92 Å². The van der Waals surface area contributed by atoms with E-state index in [9.17, 15) is 0 Å². The summed E-state index contributed by atoms with van der Waals surface area (Å²) in [5, 5.41) is 0. The Bertz CT molecular complexity index is 964. The third-order valence-electron chi connectivity index (χ3n) is 5.50. The first-order chi connectivity index (χ1) is 12.3. The fourth-order valence-corrected chi connectivity index (χ4v) is 4.08. The Morgan fingerprint density at radius 3 is 2.12 bits per heavy atom. The lowest BCUT2D eigenvalue weighted by Gasteiger charge is -2.17. The van der Waals surface area contributed by atoms with Gasteiger partial charge in [-0.25, -0.2) is 4.57 Å². The molecule has 0 aliphatic rings. The van der Waals surface area contributed by atoms with E-state index in [1.54, 1.807) is 0 Å². The Balaban J connectivity index is 2.28. The number of benzene rings is 2. The number of hydrogen-bond acceptors (Lipinski definition) is 0. The Morgan fingerprint density at radius 2 is 1.46 bits per heavy atom. The maximum absolute atomic E-state index is 2.37. The van der Waals surface area contributed by atoms with Gasteiger partial charge >= 0.3 is 0 Å². The second-order valence-corrected chi connectivity index (χ2v) is 7.81. The topological polar surface area (TPSA) is 3.88 Å². The highest BCUT2D eigenvalue weighted by Crippen LogP contribution is 2.35. The summed E-state index contributed by atoms with van der Waals surface area (Å²) in [5.41, 5.74) is 12.1. The Hall–Kier alpha value is -2.41. The third-order valence-corrected chi connectivity index (χ3v) is 5.50. The number of aromatic nitrogens is 1. The fourth-order valence-electron chi connectivity index (χ4n) is 4.08. The van der Waals surface area contributed by atoms with Crippen LogP contribution in [0.1, 0.15) is 47.6 Å². The van der Waals surface area contributed by atoms with Crippen LogP contribution >= 0.6 is 0 Å². The number of nitrogens with zero attached hydrogens (tertiary/aromatic N) is 1. The molecule has 1 aromatic heterocycles. The maximum atomic E-state index is 2.37. The van der Waals surface area contributed by atoms with E-state index in [0.717, 1.165) is 0 Å². The van der Waals surface area contributed by atoms with Gasteiger partial charge in [-0.05, 0) is 73.1 Å². The second kappa shape index (κ2) is 7.07.